The summed E-state index contributed by atoms with van der Waals surface area (Å²) >= 11 is 0. The second-order valence-corrected chi connectivity index (χ2v) is 8.20. The molecule has 1 aliphatic rings. The minimum Gasteiger partial charge on any atom is -0.466 e. The quantitative estimate of drug-likeness (QED) is 0.247. The number of esters is 3. The van der Waals surface area contributed by atoms with Crippen molar-refractivity contribution in [3.8, 4) is 0 Å². The lowest BCUT2D eigenvalue weighted by molar-refractivity contribution is -0.148. The van der Waals surface area contributed by atoms with Crippen LogP contribution in [-0.4, -0.2) is 31.6 Å². The second kappa shape index (κ2) is 10.1. The zero-order valence-electron chi connectivity index (χ0n) is 20.2. The van der Waals surface area contributed by atoms with Crippen molar-refractivity contribution in [3.05, 3.63) is 81.5 Å². The molecule has 0 saturated heterocycles. The minimum absolute atomic E-state index is 0.0778. The summed E-state index contributed by atoms with van der Waals surface area (Å²) in [6, 6.07) is 11.8. The van der Waals surface area contributed by atoms with Crippen molar-refractivity contribution in [1.82, 2.24) is 5.32 Å². The predicted molar refractivity (Wildman–Crippen MR) is 131 cm³/mol. The SMILES string of the molecule is CCOC(=O)C1/C(=C\OC(C)=O)NC(C)=C(C(=O)OC)C1c1cccc2c(=O)c3ccccc3oc12. The molecule has 2 aromatic carbocycles. The first-order valence-electron chi connectivity index (χ1n) is 11.3. The highest BCUT2D eigenvalue weighted by Gasteiger charge is 2.45. The highest BCUT2D eigenvalue weighted by Crippen LogP contribution is 2.44. The predicted octanol–water partition coefficient (Wildman–Crippen LogP) is 3.66. The molecule has 2 atom stereocenters. The lowest BCUT2D eigenvalue weighted by Gasteiger charge is -2.35. The van der Waals surface area contributed by atoms with Crippen molar-refractivity contribution in [2.45, 2.75) is 26.7 Å². The van der Waals surface area contributed by atoms with Gasteiger partial charge in [0.05, 0.1) is 35.8 Å². The van der Waals surface area contributed by atoms with E-state index in [9.17, 15) is 19.2 Å². The number of nitrogens with one attached hydrogen (secondary N) is 1. The first-order valence-corrected chi connectivity index (χ1v) is 11.3. The standard InChI is InChI=1S/C27H25NO8/c1-5-34-27(32)23-19(13-35-15(3)29)28-14(2)21(26(31)33-4)22(23)17-10-8-11-18-24(30)16-9-6-7-12-20(16)36-25(17)18/h6-13,22-23,28H,5H2,1-4H3/b19-13+. The Bertz CT molecular complexity index is 1500. The Morgan fingerprint density at radius 2 is 1.81 bits per heavy atom. The van der Waals surface area contributed by atoms with Crippen LogP contribution in [0.15, 0.2) is 74.9 Å². The van der Waals surface area contributed by atoms with E-state index in [1.165, 1.54) is 14.0 Å². The van der Waals surface area contributed by atoms with E-state index >= 15 is 0 Å². The first kappa shape index (κ1) is 24.7. The van der Waals surface area contributed by atoms with Crippen LogP contribution in [0.3, 0.4) is 0 Å². The number of ether oxygens (including phenoxy) is 3. The molecule has 4 rings (SSSR count). The van der Waals surface area contributed by atoms with Crippen molar-refractivity contribution in [3.63, 3.8) is 0 Å². The smallest absolute Gasteiger partial charge is 0.336 e. The number of fused-ring (bicyclic) bond motifs is 2. The molecule has 1 N–H and O–H groups in total. The van der Waals surface area contributed by atoms with Gasteiger partial charge >= 0.3 is 17.9 Å². The van der Waals surface area contributed by atoms with Gasteiger partial charge in [-0.2, -0.15) is 0 Å². The number of methoxy groups -OCH3 is 1. The third-order valence-electron chi connectivity index (χ3n) is 5.98. The number of hydrogen-bond acceptors (Lipinski definition) is 9. The zero-order chi connectivity index (χ0) is 26.0. The summed E-state index contributed by atoms with van der Waals surface area (Å²) in [5.74, 6) is -4.04. The third-order valence-corrected chi connectivity index (χ3v) is 5.98. The van der Waals surface area contributed by atoms with Crippen LogP contribution in [-0.2, 0) is 28.6 Å². The van der Waals surface area contributed by atoms with Gasteiger partial charge in [-0.25, -0.2) is 4.79 Å². The van der Waals surface area contributed by atoms with Crippen molar-refractivity contribution < 1.29 is 33.0 Å². The van der Waals surface area contributed by atoms with Crippen LogP contribution in [0.4, 0.5) is 0 Å². The summed E-state index contributed by atoms with van der Waals surface area (Å²) in [5, 5.41) is 3.68. The van der Waals surface area contributed by atoms with Gasteiger partial charge in [0.15, 0.2) is 0 Å². The van der Waals surface area contributed by atoms with E-state index in [2.05, 4.69) is 5.32 Å². The Labute approximate surface area is 206 Å². The molecule has 186 valence electrons. The molecule has 1 aliphatic heterocycles. The van der Waals surface area contributed by atoms with Gasteiger partial charge in [-0.3, -0.25) is 14.4 Å². The summed E-state index contributed by atoms with van der Waals surface area (Å²) in [7, 11) is 1.24. The lowest BCUT2D eigenvalue weighted by atomic mass is 9.75. The molecule has 0 amide bonds. The van der Waals surface area contributed by atoms with Crippen LogP contribution in [0, 0.1) is 5.92 Å². The fraction of sp³-hybridized carbons (Fsp3) is 0.259. The first-order chi connectivity index (χ1) is 17.3. The number of carbonyl (C=O) groups is 3. The third kappa shape index (κ3) is 4.35. The topological polar surface area (TPSA) is 121 Å². The van der Waals surface area contributed by atoms with Crippen molar-refractivity contribution in [2.75, 3.05) is 13.7 Å². The Morgan fingerprint density at radius 1 is 1.08 bits per heavy atom. The molecule has 1 aromatic heterocycles. The van der Waals surface area contributed by atoms with E-state index in [1.54, 1.807) is 56.3 Å². The van der Waals surface area contributed by atoms with Gasteiger partial charge in [-0.1, -0.05) is 24.3 Å². The Balaban J connectivity index is 2.07. The van der Waals surface area contributed by atoms with E-state index < -0.39 is 29.7 Å². The Kier molecular flexibility index (Phi) is 6.91. The highest BCUT2D eigenvalue weighted by molar-refractivity contribution is 5.97. The molecular weight excluding hydrogens is 466 g/mol. The summed E-state index contributed by atoms with van der Waals surface area (Å²) in [5.41, 5.74) is 1.49. The summed E-state index contributed by atoms with van der Waals surface area (Å²) in [4.78, 5) is 51.1. The molecule has 0 spiro atoms. The molecule has 0 aliphatic carbocycles. The largest absolute Gasteiger partial charge is 0.466 e. The number of allylic oxidation sites excluding steroid dienone is 1. The van der Waals surface area contributed by atoms with Gasteiger partial charge in [0, 0.05) is 24.1 Å². The molecule has 9 nitrogen and oxygen atoms in total. The molecule has 2 unspecified atom stereocenters. The molecule has 9 heteroatoms. The van der Waals surface area contributed by atoms with Crippen LogP contribution in [0.2, 0.25) is 0 Å². The number of para-hydroxylation sites is 2. The normalized spacial score (nSPS) is 18.7. The summed E-state index contributed by atoms with van der Waals surface area (Å²) < 4.78 is 21.7. The van der Waals surface area contributed by atoms with Crippen molar-refractivity contribution in [1.29, 1.82) is 0 Å². The molecular formula is C27H25NO8. The minimum atomic E-state index is -1.13. The number of hydrogen-bond donors (Lipinski definition) is 1. The maximum Gasteiger partial charge on any atom is 0.336 e. The molecule has 0 bridgehead atoms. The highest BCUT2D eigenvalue weighted by atomic mass is 16.5. The van der Waals surface area contributed by atoms with Gasteiger partial charge in [0.25, 0.3) is 0 Å². The average molecular weight is 491 g/mol. The number of benzene rings is 2. The fourth-order valence-corrected chi connectivity index (χ4v) is 4.50. The van der Waals surface area contributed by atoms with Gasteiger partial charge in [-0.05, 0) is 32.0 Å². The van der Waals surface area contributed by atoms with Gasteiger partial charge < -0.3 is 23.9 Å². The monoisotopic (exact) mass is 491 g/mol. The van der Waals surface area contributed by atoms with Gasteiger partial charge in [-0.15, -0.1) is 0 Å². The van der Waals surface area contributed by atoms with E-state index in [0.29, 0.717) is 27.6 Å². The summed E-state index contributed by atoms with van der Waals surface area (Å²) in [6.07, 6.45) is 1.13. The van der Waals surface area contributed by atoms with E-state index in [4.69, 9.17) is 18.6 Å². The van der Waals surface area contributed by atoms with Crippen LogP contribution in [0.5, 0.6) is 0 Å². The van der Waals surface area contributed by atoms with Gasteiger partial charge in [0.2, 0.25) is 5.43 Å². The molecule has 2 heterocycles. The van der Waals surface area contributed by atoms with Crippen molar-refractivity contribution in [2.24, 2.45) is 5.92 Å². The molecule has 36 heavy (non-hydrogen) atoms. The maximum absolute atomic E-state index is 13.3. The number of rotatable bonds is 5. The maximum atomic E-state index is 13.3. The summed E-state index contributed by atoms with van der Waals surface area (Å²) in [6.45, 7) is 4.60. The molecule has 3 aromatic rings. The van der Waals surface area contributed by atoms with Crippen LogP contribution in [0.1, 0.15) is 32.3 Å². The van der Waals surface area contributed by atoms with Crippen LogP contribution >= 0.6 is 0 Å². The van der Waals surface area contributed by atoms with Gasteiger partial charge in [0.1, 0.15) is 23.3 Å². The van der Waals surface area contributed by atoms with Crippen LogP contribution in [0.25, 0.3) is 21.9 Å². The second-order valence-electron chi connectivity index (χ2n) is 8.20. The fourth-order valence-electron chi connectivity index (χ4n) is 4.50. The molecule has 0 saturated carbocycles. The van der Waals surface area contributed by atoms with Crippen molar-refractivity contribution >= 4 is 39.8 Å². The lowest BCUT2D eigenvalue weighted by Crippen LogP contribution is -2.40. The average Bonchev–Trinajstić information content (AvgIpc) is 2.86. The zero-order valence-corrected chi connectivity index (χ0v) is 20.2. The molecule has 0 radical (unpaired) electrons. The van der Waals surface area contributed by atoms with E-state index in [0.717, 1.165) is 6.26 Å². The molecule has 0 fully saturated rings. The van der Waals surface area contributed by atoms with Crippen LogP contribution < -0.4 is 10.7 Å². The Hall–Kier alpha value is -4.40. The van der Waals surface area contributed by atoms with E-state index in [-0.39, 0.29) is 28.9 Å². The Morgan fingerprint density at radius 3 is 2.50 bits per heavy atom. The number of carbonyl (C=O) groups excluding carboxylic acids is 3. The van der Waals surface area contributed by atoms with E-state index in [1.807, 2.05) is 0 Å².